The topological polar surface area (TPSA) is 58.3 Å². The summed E-state index contributed by atoms with van der Waals surface area (Å²) in [6.07, 6.45) is 9.37. The van der Waals surface area contributed by atoms with Gasteiger partial charge in [-0.2, -0.15) is 0 Å². The third-order valence-corrected chi connectivity index (χ3v) is 7.19. The van der Waals surface area contributed by atoms with Crippen molar-refractivity contribution in [2.24, 2.45) is 0 Å². The number of piperidine rings is 2. The van der Waals surface area contributed by atoms with Gasteiger partial charge >= 0.3 is 0 Å². The maximum Gasteiger partial charge on any atom is 0.220 e. The highest BCUT2D eigenvalue weighted by atomic mass is 15.2. The van der Waals surface area contributed by atoms with E-state index in [9.17, 15) is 0 Å². The van der Waals surface area contributed by atoms with Gasteiger partial charge in [0.2, 0.25) is 5.95 Å². The van der Waals surface area contributed by atoms with Gasteiger partial charge in [0.25, 0.3) is 0 Å². The molecule has 28 heavy (non-hydrogen) atoms. The van der Waals surface area contributed by atoms with Crippen molar-refractivity contribution >= 4 is 5.95 Å². The molecule has 2 aliphatic heterocycles. The maximum absolute atomic E-state index is 5.94. The van der Waals surface area contributed by atoms with Crippen LogP contribution in [0.15, 0.2) is 36.5 Å². The molecule has 5 rings (SSSR count). The molecule has 1 aromatic heterocycles. The molecule has 1 unspecified atom stereocenters. The van der Waals surface area contributed by atoms with E-state index in [4.69, 9.17) is 10.7 Å². The number of rotatable bonds is 3. The highest BCUT2D eigenvalue weighted by molar-refractivity contribution is 5.37. The molecule has 1 spiro atoms. The lowest BCUT2D eigenvalue weighted by Gasteiger charge is -2.46. The monoisotopic (exact) mass is 377 g/mol. The van der Waals surface area contributed by atoms with Crippen molar-refractivity contribution in [3.8, 4) is 0 Å². The number of aromatic nitrogens is 2. The summed E-state index contributed by atoms with van der Waals surface area (Å²) >= 11 is 0. The Morgan fingerprint density at radius 2 is 1.89 bits per heavy atom. The number of nitrogen functional groups attached to an aromatic ring is 1. The number of hydrogen-bond acceptors (Lipinski definition) is 5. The first kappa shape index (κ1) is 18.1. The standard InChI is InChI=1S/C23H31N5/c24-22-25-15-19-7-11-23(21(19)26-22)10-4-12-28(17-23)20-8-13-27(14-9-20)16-18-5-2-1-3-6-18/h1-3,5-6,15,20H,4,7-14,16-17H2,(H2,24,25,26). The second-order valence-electron chi connectivity index (χ2n) is 8.95. The van der Waals surface area contributed by atoms with Gasteiger partial charge in [0.1, 0.15) is 0 Å². The second kappa shape index (κ2) is 7.45. The third kappa shape index (κ3) is 3.42. The zero-order valence-electron chi connectivity index (χ0n) is 16.7. The number of benzene rings is 1. The van der Waals surface area contributed by atoms with Gasteiger partial charge in [-0.25, -0.2) is 9.97 Å². The fraction of sp³-hybridized carbons (Fsp3) is 0.565. The summed E-state index contributed by atoms with van der Waals surface area (Å²) < 4.78 is 0. The molecule has 5 nitrogen and oxygen atoms in total. The number of likely N-dealkylation sites (tertiary alicyclic amines) is 2. The van der Waals surface area contributed by atoms with E-state index >= 15 is 0 Å². The Kier molecular flexibility index (Phi) is 4.81. The van der Waals surface area contributed by atoms with E-state index in [2.05, 4.69) is 45.1 Å². The van der Waals surface area contributed by atoms with E-state index < -0.39 is 0 Å². The maximum atomic E-state index is 5.94. The van der Waals surface area contributed by atoms with Crippen LogP contribution in [0.25, 0.3) is 0 Å². The molecular weight excluding hydrogens is 346 g/mol. The molecule has 2 N–H and O–H groups in total. The van der Waals surface area contributed by atoms with Crippen molar-refractivity contribution in [1.29, 1.82) is 0 Å². The smallest absolute Gasteiger partial charge is 0.220 e. The van der Waals surface area contributed by atoms with Crippen molar-refractivity contribution in [3.05, 3.63) is 53.3 Å². The first-order chi connectivity index (χ1) is 13.7. The molecule has 1 aromatic carbocycles. The van der Waals surface area contributed by atoms with Gasteiger partial charge < -0.3 is 5.73 Å². The highest BCUT2D eigenvalue weighted by Crippen LogP contribution is 2.44. The molecule has 3 heterocycles. The summed E-state index contributed by atoms with van der Waals surface area (Å²) in [6, 6.07) is 11.6. The minimum Gasteiger partial charge on any atom is -0.368 e. The Bertz CT molecular complexity index is 811. The van der Waals surface area contributed by atoms with Crippen LogP contribution in [0, 0.1) is 0 Å². The van der Waals surface area contributed by atoms with Crippen molar-refractivity contribution in [2.75, 3.05) is 31.9 Å². The van der Waals surface area contributed by atoms with Crippen molar-refractivity contribution in [1.82, 2.24) is 19.8 Å². The fourth-order valence-corrected chi connectivity index (χ4v) is 5.72. The summed E-state index contributed by atoms with van der Waals surface area (Å²) in [7, 11) is 0. The molecule has 1 atom stereocenters. The summed E-state index contributed by atoms with van der Waals surface area (Å²) in [5.74, 6) is 0.436. The SMILES string of the molecule is Nc1ncc2c(n1)C1(CCCN(C3CCN(Cc4ccccc4)CC3)C1)CC2. The average Bonchev–Trinajstić information content (AvgIpc) is 3.06. The number of nitrogens with two attached hydrogens (primary N) is 1. The minimum atomic E-state index is 0.214. The van der Waals surface area contributed by atoms with Crippen LogP contribution < -0.4 is 5.73 Å². The molecule has 148 valence electrons. The lowest BCUT2D eigenvalue weighted by atomic mass is 9.76. The van der Waals surface area contributed by atoms with Crippen LogP contribution in [0.5, 0.6) is 0 Å². The van der Waals surface area contributed by atoms with E-state index in [0.29, 0.717) is 12.0 Å². The van der Waals surface area contributed by atoms with Gasteiger partial charge in [0.15, 0.2) is 0 Å². The van der Waals surface area contributed by atoms with Crippen LogP contribution in [0.4, 0.5) is 5.95 Å². The molecule has 0 saturated carbocycles. The zero-order chi connectivity index (χ0) is 19.0. The van der Waals surface area contributed by atoms with Crippen molar-refractivity contribution in [2.45, 2.75) is 56.5 Å². The summed E-state index contributed by atoms with van der Waals surface area (Å²) in [6.45, 7) is 5.88. The molecule has 2 saturated heterocycles. The summed E-state index contributed by atoms with van der Waals surface area (Å²) in [5.41, 5.74) is 10.2. The molecule has 3 aliphatic rings. The number of nitrogens with zero attached hydrogens (tertiary/aromatic N) is 4. The number of anilines is 1. The molecule has 0 amide bonds. The lowest BCUT2D eigenvalue weighted by Crippen LogP contribution is -2.52. The minimum absolute atomic E-state index is 0.214. The van der Waals surface area contributed by atoms with Crippen LogP contribution in [-0.2, 0) is 18.4 Å². The van der Waals surface area contributed by atoms with Crippen molar-refractivity contribution in [3.63, 3.8) is 0 Å². The Morgan fingerprint density at radius 1 is 1.07 bits per heavy atom. The predicted molar refractivity (Wildman–Crippen MR) is 112 cm³/mol. The first-order valence-corrected chi connectivity index (χ1v) is 10.8. The third-order valence-electron chi connectivity index (χ3n) is 7.19. The Labute approximate surface area is 168 Å². The van der Waals surface area contributed by atoms with E-state index in [1.807, 2.05) is 6.20 Å². The molecule has 5 heteroatoms. The lowest BCUT2D eigenvalue weighted by molar-refractivity contribution is 0.0561. The number of fused-ring (bicyclic) bond motifs is 2. The van der Waals surface area contributed by atoms with E-state index in [-0.39, 0.29) is 5.41 Å². The van der Waals surface area contributed by atoms with Gasteiger partial charge in [0.05, 0.1) is 5.69 Å². The Balaban J connectivity index is 1.23. The molecule has 0 bridgehead atoms. The number of aryl methyl sites for hydroxylation is 1. The largest absolute Gasteiger partial charge is 0.368 e. The van der Waals surface area contributed by atoms with Gasteiger partial charge in [-0.3, -0.25) is 9.80 Å². The van der Waals surface area contributed by atoms with Crippen LogP contribution in [-0.4, -0.2) is 52.0 Å². The first-order valence-electron chi connectivity index (χ1n) is 10.8. The molecule has 1 aliphatic carbocycles. The van der Waals surface area contributed by atoms with E-state index in [1.54, 1.807) is 0 Å². The van der Waals surface area contributed by atoms with Crippen LogP contribution in [0.1, 0.15) is 48.9 Å². The molecular formula is C23H31N5. The van der Waals surface area contributed by atoms with Gasteiger partial charge in [-0.1, -0.05) is 30.3 Å². The molecule has 2 aromatic rings. The molecule has 2 fully saturated rings. The predicted octanol–water partition coefficient (Wildman–Crippen LogP) is 3.00. The quantitative estimate of drug-likeness (QED) is 0.891. The van der Waals surface area contributed by atoms with E-state index in [1.165, 1.54) is 68.6 Å². The van der Waals surface area contributed by atoms with Crippen LogP contribution in [0.2, 0.25) is 0 Å². The Morgan fingerprint density at radius 3 is 2.71 bits per heavy atom. The zero-order valence-corrected chi connectivity index (χ0v) is 16.7. The van der Waals surface area contributed by atoms with Crippen LogP contribution >= 0.6 is 0 Å². The van der Waals surface area contributed by atoms with Crippen LogP contribution in [0.3, 0.4) is 0 Å². The average molecular weight is 378 g/mol. The van der Waals surface area contributed by atoms with Gasteiger partial charge in [-0.15, -0.1) is 0 Å². The van der Waals surface area contributed by atoms with Crippen molar-refractivity contribution < 1.29 is 0 Å². The summed E-state index contributed by atoms with van der Waals surface area (Å²) in [5, 5.41) is 0. The fourth-order valence-electron chi connectivity index (χ4n) is 5.72. The van der Waals surface area contributed by atoms with E-state index in [0.717, 1.165) is 19.5 Å². The normalized spacial score (nSPS) is 26.6. The number of hydrogen-bond donors (Lipinski definition) is 1. The second-order valence-corrected chi connectivity index (χ2v) is 8.95. The van der Waals surface area contributed by atoms with Gasteiger partial charge in [-0.05, 0) is 69.3 Å². The molecule has 0 radical (unpaired) electrons. The Hall–Kier alpha value is -1.98. The van der Waals surface area contributed by atoms with Gasteiger partial charge in [0, 0.05) is 30.7 Å². The highest BCUT2D eigenvalue weighted by Gasteiger charge is 2.45. The summed E-state index contributed by atoms with van der Waals surface area (Å²) in [4.78, 5) is 14.3.